The Bertz CT molecular complexity index is 496. The van der Waals surface area contributed by atoms with E-state index in [2.05, 4.69) is 25.9 Å². The van der Waals surface area contributed by atoms with Crippen LogP contribution >= 0.6 is 11.8 Å². The number of ketones is 1. The molecule has 0 aromatic heterocycles. The second kappa shape index (κ2) is 14.1. The number of hydrogen-bond donors (Lipinski definition) is 1. The molecule has 0 heterocycles. The molecule has 1 aliphatic carbocycles. The summed E-state index contributed by atoms with van der Waals surface area (Å²) in [7, 11) is 0. The zero-order valence-electron chi connectivity index (χ0n) is 17.8. The largest absolute Gasteiger partial charge is 0.511 e. The highest BCUT2D eigenvalue weighted by molar-refractivity contribution is 7.99. The average Bonchev–Trinajstić information content (AvgIpc) is 2.61. The van der Waals surface area contributed by atoms with Crippen LogP contribution in [0.3, 0.4) is 0 Å². The molecule has 5 heteroatoms. The van der Waals surface area contributed by atoms with Crippen LogP contribution in [-0.2, 0) is 9.63 Å². The number of rotatable bonds is 14. The summed E-state index contributed by atoms with van der Waals surface area (Å²) < 4.78 is 0. The van der Waals surface area contributed by atoms with Crippen molar-refractivity contribution in [2.75, 3.05) is 12.4 Å². The van der Waals surface area contributed by atoms with Crippen LogP contribution in [-0.4, -0.2) is 34.2 Å². The second-order valence-corrected chi connectivity index (χ2v) is 9.03. The SMILES string of the molecule is CCCCCC(=NOCCC)C1=C(O)CC(CC(CCC)SCC)CC1=O. The van der Waals surface area contributed by atoms with Gasteiger partial charge in [0.2, 0.25) is 0 Å². The van der Waals surface area contributed by atoms with Gasteiger partial charge in [-0.15, -0.1) is 0 Å². The second-order valence-electron chi connectivity index (χ2n) is 7.45. The highest BCUT2D eigenvalue weighted by Crippen LogP contribution is 2.34. The molecule has 1 aliphatic rings. The Hall–Kier alpha value is -0.970. The third kappa shape index (κ3) is 8.71. The van der Waals surface area contributed by atoms with Crippen LogP contribution in [0, 0.1) is 5.92 Å². The molecule has 156 valence electrons. The molecule has 2 unspecified atom stereocenters. The molecule has 4 nitrogen and oxygen atoms in total. The van der Waals surface area contributed by atoms with Crippen LogP contribution in [0.4, 0.5) is 0 Å². The number of nitrogens with zero attached hydrogens (tertiary/aromatic N) is 1. The van der Waals surface area contributed by atoms with E-state index in [1.807, 2.05) is 18.7 Å². The molecule has 0 aromatic rings. The monoisotopic (exact) mass is 397 g/mol. The Kier molecular flexibility index (Phi) is 12.6. The number of oxime groups is 1. The predicted molar refractivity (Wildman–Crippen MR) is 117 cm³/mol. The fourth-order valence-corrected chi connectivity index (χ4v) is 4.92. The zero-order valence-corrected chi connectivity index (χ0v) is 18.6. The first-order chi connectivity index (χ1) is 13.1. The summed E-state index contributed by atoms with van der Waals surface area (Å²) in [5.41, 5.74) is 1.08. The Labute approximate surface area is 170 Å². The average molecular weight is 398 g/mol. The normalized spacial score (nSPS) is 19.5. The van der Waals surface area contributed by atoms with Gasteiger partial charge in [-0.3, -0.25) is 4.79 Å². The lowest BCUT2D eigenvalue weighted by atomic mass is 9.81. The molecule has 0 saturated carbocycles. The minimum atomic E-state index is 0.0378. The van der Waals surface area contributed by atoms with Crippen molar-refractivity contribution in [3.8, 4) is 0 Å². The quantitative estimate of drug-likeness (QED) is 0.208. The summed E-state index contributed by atoms with van der Waals surface area (Å²) in [4.78, 5) is 18.2. The van der Waals surface area contributed by atoms with Crippen LogP contribution in [0.25, 0.3) is 0 Å². The molecule has 0 aromatic carbocycles. The van der Waals surface area contributed by atoms with Gasteiger partial charge >= 0.3 is 0 Å². The van der Waals surface area contributed by atoms with Crippen LogP contribution < -0.4 is 0 Å². The van der Waals surface area contributed by atoms with Crippen molar-refractivity contribution >= 4 is 23.3 Å². The van der Waals surface area contributed by atoms with Crippen LogP contribution in [0.2, 0.25) is 0 Å². The summed E-state index contributed by atoms with van der Waals surface area (Å²) in [5.74, 6) is 1.60. The van der Waals surface area contributed by atoms with Crippen LogP contribution in [0.1, 0.15) is 91.9 Å². The Balaban J connectivity index is 2.87. The minimum Gasteiger partial charge on any atom is -0.511 e. The molecule has 0 amide bonds. The maximum Gasteiger partial charge on any atom is 0.168 e. The van der Waals surface area contributed by atoms with Crippen molar-refractivity contribution in [1.82, 2.24) is 0 Å². The number of thioether (sulfide) groups is 1. The topological polar surface area (TPSA) is 58.9 Å². The zero-order chi connectivity index (χ0) is 20.1. The van der Waals surface area contributed by atoms with Gasteiger partial charge in [0.15, 0.2) is 5.78 Å². The highest BCUT2D eigenvalue weighted by atomic mass is 32.2. The number of allylic oxidation sites excluding steroid dienone is 2. The first kappa shape index (κ1) is 24.1. The molecule has 1 rings (SSSR count). The van der Waals surface area contributed by atoms with E-state index < -0.39 is 0 Å². The summed E-state index contributed by atoms with van der Waals surface area (Å²) in [6.45, 7) is 9.11. The summed E-state index contributed by atoms with van der Waals surface area (Å²) in [6.07, 6.45) is 9.18. The van der Waals surface area contributed by atoms with E-state index in [4.69, 9.17) is 4.84 Å². The van der Waals surface area contributed by atoms with Crippen molar-refractivity contribution in [1.29, 1.82) is 0 Å². The maximum absolute atomic E-state index is 12.9. The molecule has 0 radical (unpaired) electrons. The van der Waals surface area contributed by atoms with Gasteiger partial charge in [-0.25, -0.2) is 0 Å². The van der Waals surface area contributed by atoms with E-state index in [9.17, 15) is 9.90 Å². The van der Waals surface area contributed by atoms with E-state index in [0.717, 1.165) is 44.3 Å². The first-order valence-electron chi connectivity index (χ1n) is 10.8. The third-order valence-electron chi connectivity index (χ3n) is 4.91. The summed E-state index contributed by atoms with van der Waals surface area (Å²) >= 11 is 1.98. The number of carbonyl (C=O) groups excluding carboxylic acids is 1. The standard InChI is InChI=1S/C22H39NO3S/c1-5-9-10-12-19(23-26-13-7-3)22-20(24)15-17(16-21(22)25)14-18(11-6-2)27-8-4/h17-18,24H,5-16H2,1-4H3. The third-order valence-corrected chi connectivity index (χ3v) is 6.14. The number of aliphatic hydroxyl groups is 1. The molecule has 0 spiro atoms. The van der Waals surface area contributed by atoms with Crippen LogP contribution in [0.5, 0.6) is 0 Å². The Morgan fingerprint density at radius 2 is 1.96 bits per heavy atom. The number of unbranched alkanes of at least 4 members (excludes halogenated alkanes) is 2. The molecule has 1 N–H and O–H groups in total. The van der Waals surface area contributed by atoms with Gasteiger partial charge in [-0.1, -0.05) is 52.1 Å². The molecular formula is C22H39NO3S. The number of hydrogen-bond acceptors (Lipinski definition) is 5. The van der Waals surface area contributed by atoms with Gasteiger partial charge < -0.3 is 9.94 Å². The predicted octanol–water partition coefficient (Wildman–Crippen LogP) is 6.45. The minimum absolute atomic E-state index is 0.0378. The molecule has 0 bridgehead atoms. The van der Waals surface area contributed by atoms with Gasteiger partial charge in [-0.2, -0.15) is 11.8 Å². The molecule has 0 saturated heterocycles. The molecular weight excluding hydrogens is 358 g/mol. The number of aliphatic hydroxyl groups excluding tert-OH is 1. The van der Waals surface area contributed by atoms with Crippen molar-refractivity contribution < 1.29 is 14.7 Å². The Morgan fingerprint density at radius 1 is 1.19 bits per heavy atom. The smallest absolute Gasteiger partial charge is 0.168 e. The fourth-order valence-electron chi connectivity index (χ4n) is 3.64. The molecule has 0 fully saturated rings. The molecule has 2 atom stereocenters. The van der Waals surface area contributed by atoms with E-state index >= 15 is 0 Å². The number of Topliss-reactive ketones (excluding diaryl/α,β-unsaturated/α-hetero) is 1. The summed E-state index contributed by atoms with van der Waals surface area (Å²) in [5, 5.41) is 15.5. The van der Waals surface area contributed by atoms with Gasteiger partial charge in [0, 0.05) is 18.1 Å². The van der Waals surface area contributed by atoms with Gasteiger partial charge in [0.25, 0.3) is 0 Å². The van der Waals surface area contributed by atoms with Crippen LogP contribution in [0.15, 0.2) is 16.5 Å². The van der Waals surface area contributed by atoms with Crippen molar-refractivity contribution in [3.63, 3.8) is 0 Å². The van der Waals surface area contributed by atoms with E-state index in [1.165, 1.54) is 6.42 Å². The lowest BCUT2D eigenvalue weighted by Gasteiger charge is -2.27. The maximum atomic E-state index is 12.9. The summed E-state index contributed by atoms with van der Waals surface area (Å²) in [6, 6.07) is 0. The van der Waals surface area contributed by atoms with Crippen molar-refractivity contribution in [3.05, 3.63) is 11.3 Å². The fraction of sp³-hybridized carbons (Fsp3) is 0.818. The highest BCUT2D eigenvalue weighted by Gasteiger charge is 2.32. The molecule has 0 aliphatic heterocycles. The molecule has 27 heavy (non-hydrogen) atoms. The first-order valence-corrected chi connectivity index (χ1v) is 11.9. The van der Waals surface area contributed by atoms with E-state index in [-0.39, 0.29) is 17.5 Å². The Morgan fingerprint density at radius 3 is 2.56 bits per heavy atom. The van der Waals surface area contributed by atoms with Gasteiger partial charge in [0.05, 0.1) is 11.3 Å². The lowest BCUT2D eigenvalue weighted by molar-refractivity contribution is -0.116. The van der Waals surface area contributed by atoms with Crippen molar-refractivity contribution in [2.24, 2.45) is 11.1 Å². The van der Waals surface area contributed by atoms with E-state index in [1.54, 1.807) is 0 Å². The van der Waals surface area contributed by atoms with E-state index in [0.29, 0.717) is 42.4 Å². The van der Waals surface area contributed by atoms with Gasteiger partial charge in [-0.05, 0) is 43.8 Å². The van der Waals surface area contributed by atoms with Gasteiger partial charge in [0.1, 0.15) is 12.4 Å². The van der Waals surface area contributed by atoms with Crippen molar-refractivity contribution in [2.45, 2.75) is 97.2 Å². The lowest BCUT2D eigenvalue weighted by Crippen LogP contribution is -2.26. The number of carbonyl (C=O) groups is 1.